The van der Waals surface area contributed by atoms with Crippen LogP contribution in [0.3, 0.4) is 0 Å². The van der Waals surface area contributed by atoms with Crippen LogP contribution in [0.4, 0.5) is 5.69 Å². The van der Waals surface area contributed by atoms with E-state index in [1.807, 2.05) is 0 Å². The maximum atomic E-state index is 13.7. The predicted molar refractivity (Wildman–Crippen MR) is 172 cm³/mol. The van der Waals surface area contributed by atoms with Crippen LogP contribution in [0.15, 0.2) is 46.2 Å². The summed E-state index contributed by atoms with van der Waals surface area (Å²) in [5.41, 5.74) is 0.198. The lowest BCUT2D eigenvalue weighted by Gasteiger charge is -2.56. The molecule has 1 saturated heterocycles. The molecule has 0 saturated carbocycles. The Labute approximate surface area is 283 Å². The van der Waals surface area contributed by atoms with Crippen LogP contribution in [0, 0.1) is 5.41 Å². The second-order valence-electron chi connectivity index (χ2n) is 11.1. The first-order valence-corrected chi connectivity index (χ1v) is 18.3. The number of sulfonamides is 1. The second kappa shape index (κ2) is 15.0. The number of nitrogens with zero attached hydrogens (tertiary/aromatic N) is 3. The minimum Gasteiger partial charge on any atom is -0.427 e. The lowest BCUT2D eigenvalue weighted by Crippen LogP contribution is -2.80. The molecule has 254 valence electrons. The molecule has 1 fully saturated rings. The number of ether oxygens (including phenoxy) is 3. The number of anilines is 1. The van der Waals surface area contributed by atoms with Gasteiger partial charge in [0.05, 0.1) is 11.8 Å². The number of amides is 3. The highest BCUT2D eigenvalue weighted by atomic mass is 32.2. The second-order valence-corrected chi connectivity index (χ2v) is 15.4. The zero-order valence-corrected chi connectivity index (χ0v) is 28.9. The standard InChI is InChI=1S/C27H32N6O10S4/c1-26(2,3)24(38)43-15-42-21(36)20-17(11-45-25-29-13-46-31-25)10-44-23-27(41-4,22(37)33(20)23)30-19(35)9-16-5-7-18(8-6-16)32-47(39,40)14-28-12-34/h5-8,12-13,23,32H,9-11,14-15H2,1-4H3,(H,28,34)(H,30,35)/t23?,27-/m0/s1. The van der Waals surface area contributed by atoms with Gasteiger partial charge in [-0.15, -0.1) is 11.8 Å². The maximum absolute atomic E-state index is 13.7. The largest absolute Gasteiger partial charge is 0.427 e. The molecule has 47 heavy (non-hydrogen) atoms. The topological polar surface area (TPSA) is 212 Å². The van der Waals surface area contributed by atoms with Crippen molar-refractivity contribution < 1.29 is 46.6 Å². The maximum Gasteiger partial charge on any atom is 0.357 e. The summed E-state index contributed by atoms with van der Waals surface area (Å²) in [6, 6.07) is 5.95. The number of carbonyl (C=O) groups is 5. The van der Waals surface area contributed by atoms with Crippen LogP contribution < -0.4 is 15.4 Å². The number of benzene rings is 1. The van der Waals surface area contributed by atoms with Crippen LogP contribution >= 0.6 is 35.1 Å². The molecule has 2 atom stereocenters. The van der Waals surface area contributed by atoms with E-state index < -0.39 is 63.0 Å². The molecule has 1 aromatic heterocycles. The zero-order chi connectivity index (χ0) is 34.4. The number of thioether (sulfide) groups is 2. The first kappa shape index (κ1) is 36.1. The van der Waals surface area contributed by atoms with Gasteiger partial charge in [-0.2, -0.15) is 4.37 Å². The van der Waals surface area contributed by atoms with Gasteiger partial charge < -0.3 is 24.8 Å². The van der Waals surface area contributed by atoms with Crippen LogP contribution in [-0.4, -0.2) is 95.2 Å². The summed E-state index contributed by atoms with van der Waals surface area (Å²) < 4.78 is 46.3. The molecule has 4 rings (SSSR count). The average Bonchev–Trinajstić information content (AvgIpc) is 3.55. The number of hydrogen-bond acceptors (Lipinski definition) is 15. The number of rotatable bonds is 15. The molecule has 16 nitrogen and oxygen atoms in total. The predicted octanol–water partition coefficient (Wildman–Crippen LogP) is 1.04. The fourth-order valence-corrected chi connectivity index (χ4v) is 8.16. The van der Waals surface area contributed by atoms with Gasteiger partial charge in [0, 0.05) is 24.3 Å². The lowest BCUT2D eigenvalue weighted by atomic mass is 9.97. The van der Waals surface area contributed by atoms with Crippen molar-refractivity contribution in [3.05, 3.63) is 46.6 Å². The van der Waals surface area contributed by atoms with Gasteiger partial charge in [0.15, 0.2) is 5.16 Å². The van der Waals surface area contributed by atoms with Crippen LogP contribution in [0.5, 0.6) is 0 Å². The van der Waals surface area contributed by atoms with Crippen LogP contribution in [0.1, 0.15) is 26.3 Å². The number of methoxy groups -OCH3 is 1. The Balaban J connectivity index is 1.47. The molecule has 0 radical (unpaired) electrons. The fourth-order valence-electron chi connectivity index (χ4n) is 4.33. The van der Waals surface area contributed by atoms with Crippen molar-refractivity contribution in [2.75, 3.05) is 36.0 Å². The summed E-state index contributed by atoms with van der Waals surface area (Å²) in [6.45, 7) is 4.30. The van der Waals surface area contributed by atoms with E-state index in [4.69, 9.17) is 14.2 Å². The molecule has 0 aliphatic carbocycles. The Morgan fingerprint density at radius 1 is 1.19 bits per heavy atom. The summed E-state index contributed by atoms with van der Waals surface area (Å²) in [4.78, 5) is 68.1. The zero-order valence-electron chi connectivity index (χ0n) is 25.6. The molecule has 0 spiro atoms. The van der Waals surface area contributed by atoms with Crippen molar-refractivity contribution in [1.29, 1.82) is 0 Å². The molecule has 1 unspecified atom stereocenters. The number of nitrogens with one attached hydrogen (secondary N) is 3. The van der Waals surface area contributed by atoms with E-state index in [1.54, 1.807) is 26.3 Å². The van der Waals surface area contributed by atoms with Crippen LogP contribution in [0.25, 0.3) is 0 Å². The van der Waals surface area contributed by atoms with Crippen LogP contribution in [0.2, 0.25) is 0 Å². The third kappa shape index (κ3) is 8.61. The van der Waals surface area contributed by atoms with Gasteiger partial charge in [-0.05, 0) is 55.6 Å². The molecule has 2 aromatic rings. The van der Waals surface area contributed by atoms with Crippen molar-refractivity contribution in [1.82, 2.24) is 24.9 Å². The number of carbonyl (C=O) groups excluding carboxylic acids is 5. The van der Waals surface area contributed by atoms with Gasteiger partial charge in [0.1, 0.15) is 22.5 Å². The summed E-state index contributed by atoms with van der Waals surface area (Å²) >= 11 is 3.72. The van der Waals surface area contributed by atoms with E-state index in [-0.39, 0.29) is 35.7 Å². The quantitative estimate of drug-likeness (QED) is 0.0769. The molecule has 3 N–H and O–H groups in total. The van der Waals surface area contributed by atoms with Crippen molar-refractivity contribution in [2.24, 2.45) is 5.41 Å². The molecule has 1 aromatic carbocycles. The SMILES string of the molecule is CO[C@@]1(NC(=O)Cc2ccc(NS(=O)(=O)CNC=O)cc2)C(=O)N2C(C(=O)OCOC(=O)C(C)(C)C)=C(CSc3ncsn3)CSC21. The van der Waals surface area contributed by atoms with Gasteiger partial charge >= 0.3 is 11.9 Å². The average molecular weight is 729 g/mol. The monoisotopic (exact) mass is 728 g/mol. The Morgan fingerprint density at radius 3 is 2.53 bits per heavy atom. The Morgan fingerprint density at radius 2 is 1.91 bits per heavy atom. The molecule has 20 heteroatoms. The van der Waals surface area contributed by atoms with Gasteiger partial charge in [-0.3, -0.25) is 28.8 Å². The molecule has 3 heterocycles. The highest BCUT2D eigenvalue weighted by Gasteiger charge is 2.66. The highest BCUT2D eigenvalue weighted by Crippen LogP contribution is 2.47. The minimum absolute atomic E-state index is 0.0448. The molecule has 2 aliphatic rings. The molecule has 0 bridgehead atoms. The van der Waals surface area contributed by atoms with Gasteiger partial charge in [0.25, 0.3) is 21.7 Å². The van der Waals surface area contributed by atoms with E-state index in [0.29, 0.717) is 16.3 Å². The molecule has 3 amide bonds. The van der Waals surface area contributed by atoms with Crippen molar-refractivity contribution in [2.45, 2.75) is 43.4 Å². The fraction of sp³-hybridized carbons (Fsp3) is 0.444. The summed E-state index contributed by atoms with van der Waals surface area (Å²) in [7, 11) is -2.55. The molecule has 2 aliphatic heterocycles. The van der Waals surface area contributed by atoms with E-state index in [0.717, 1.165) is 0 Å². The highest BCUT2D eigenvalue weighted by molar-refractivity contribution is 8.01. The first-order chi connectivity index (χ1) is 22.2. The van der Waals surface area contributed by atoms with Crippen LogP contribution in [-0.2, 0) is 54.6 Å². The number of hydrogen-bond donors (Lipinski definition) is 3. The van der Waals surface area contributed by atoms with Gasteiger partial charge in [-0.1, -0.05) is 23.9 Å². The van der Waals surface area contributed by atoms with E-state index in [9.17, 15) is 32.4 Å². The summed E-state index contributed by atoms with van der Waals surface area (Å²) in [5.74, 6) is -2.80. The Bertz CT molecular complexity index is 1640. The lowest BCUT2D eigenvalue weighted by molar-refractivity contribution is -0.194. The normalized spacial score (nSPS) is 19.3. The number of aromatic nitrogens is 2. The number of β-lactam (4-membered cyclic amide) rings is 1. The number of esters is 2. The molecular formula is C27H32N6O10S4. The first-order valence-electron chi connectivity index (χ1n) is 13.7. The third-order valence-corrected chi connectivity index (χ3v) is 10.6. The Hall–Kier alpha value is -3.72. The van der Waals surface area contributed by atoms with E-state index in [1.165, 1.54) is 71.3 Å². The van der Waals surface area contributed by atoms with E-state index in [2.05, 4.69) is 24.7 Å². The third-order valence-electron chi connectivity index (χ3n) is 6.61. The van der Waals surface area contributed by atoms with Crippen molar-refractivity contribution >= 4 is 80.9 Å². The summed E-state index contributed by atoms with van der Waals surface area (Å²) in [6.07, 6.45) is 0.0867. The van der Waals surface area contributed by atoms with Crippen molar-refractivity contribution in [3.63, 3.8) is 0 Å². The van der Waals surface area contributed by atoms with E-state index >= 15 is 0 Å². The Kier molecular flexibility index (Phi) is 11.5. The van der Waals surface area contributed by atoms with Crippen molar-refractivity contribution in [3.8, 4) is 0 Å². The summed E-state index contributed by atoms with van der Waals surface area (Å²) in [5, 5.41) is 4.40. The smallest absolute Gasteiger partial charge is 0.357 e. The molecular weight excluding hydrogens is 697 g/mol. The van der Waals surface area contributed by atoms with Gasteiger partial charge in [0.2, 0.25) is 19.1 Å². The minimum atomic E-state index is -3.82. The van der Waals surface area contributed by atoms with Gasteiger partial charge in [-0.25, -0.2) is 18.2 Å². The number of fused-ring (bicyclic) bond motifs is 1.